The van der Waals surface area contributed by atoms with Crippen molar-refractivity contribution in [3.05, 3.63) is 34.4 Å². The highest BCUT2D eigenvalue weighted by Gasteiger charge is 2.54. The van der Waals surface area contributed by atoms with Crippen LogP contribution in [0.25, 0.3) is 0 Å². The van der Waals surface area contributed by atoms with E-state index in [-0.39, 0.29) is 24.2 Å². The fourth-order valence-corrected chi connectivity index (χ4v) is 2.60. The second-order valence-electron chi connectivity index (χ2n) is 5.35. The molecule has 2 saturated heterocycles. The van der Waals surface area contributed by atoms with Crippen molar-refractivity contribution in [2.75, 3.05) is 18.1 Å². The largest absolute Gasteiger partial charge is 0.378 e. The van der Waals surface area contributed by atoms with Gasteiger partial charge in [0, 0.05) is 12.1 Å². The van der Waals surface area contributed by atoms with Gasteiger partial charge in [0.15, 0.2) is 0 Å². The Labute approximate surface area is 119 Å². The fraction of sp³-hybridized carbons (Fsp3) is 0.385. The molecule has 0 aromatic heterocycles. The number of nitrogens with zero attached hydrogens (tertiary/aromatic N) is 2. The second-order valence-corrected chi connectivity index (χ2v) is 5.35. The lowest BCUT2D eigenvalue weighted by Gasteiger charge is -2.39. The standard InChI is InChI=1S/C13H13N3O5/c1-13-7-21-6-10(13)14-12(18)15(11(13)17)8-2-4-9(5-3-8)16(19)20/h2-5,10H,6-7H2,1H3,(H,14,18). The van der Waals surface area contributed by atoms with Gasteiger partial charge < -0.3 is 10.1 Å². The Balaban J connectivity index is 1.95. The fourth-order valence-electron chi connectivity index (χ4n) is 2.60. The number of carbonyl (C=O) groups excluding carboxylic acids is 2. The molecule has 2 unspecified atom stereocenters. The topological polar surface area (TPSA) is 102 Å². The number of hydrogen-bond donors (Lipinski definition) is 1. The molecule has 2 heterocycles. The van der Waals surface area contributed by atoms with Crippen molar-refractivity contribution >= 4 is 23.3 Å². The lowest BCUT2D eigenvalue weighted by atomic mass is 9.82. The minimum atomic E-state index is -0.810. The van der Waals surface area contributed by atoms with Crippen molar-refractivity contribution in [2.24, 2.45) is 5.41 Å². The van der Waals surface area contributed by atoms with E-state index in [0.717, 1.165) is 4.90 Å². The van der Waals surface area contributed by atoms with Gasteiger partial charge in [-0.3, -0.25) is 14.9 Å². The summed E-state index contributed by atoms with van der Waals surface area (Å²) in [6.07, 6.45) is 0. The number of rotatable bonds is 2. The number of anilines is 1. The van der Waals surface area contributed by atoms with Crippen molar-refractivity contribution in [3.8, 4) is 0 Å². The first kappa shape index (κ1) is 13.5. The summed E-state index contributed by atoms with van der Waals surface area (Å²) in [4.78, 5) is 35.8. The first-order chi connectivity index (χ1) is 9.93. The van der Waals surface area contributed by atoms with Crippen molar-refractivity contribution in [1.29, 1.82) is 0 Å². The van der Waals surface area contributed by atoms with Gasteiger partial charge in [0.25, 0.3) is 5.69 Å². The van der Waals surface area contributed by atoms with Crippen LogP contribution >= 0.6 is 0 Å². The molecule has 0 aliphatic carbocycles. The van der Waals surface area contributed by atoms with Crippen LogP contribution < -0.4 is 10.2 Å². The number of nitro groups is 1. The molecule has 0 radical (unpaired) electrons. The molecule has 8 heteroatoms. The molecule has 2 fully saturated rings. The van der Waals surface area contributed by atoms with E-state index in [1.54, 1.807) is 6.92 Å². The average Bonchev–Trinajstić information content (AvgIpc) is 2.82. The Hall–Kier alpha value is -2.48. The van der Waals surface area contributed by atoms with Gasteiger partial charge in [-0.15, -0.1) is 0 Å². The number of nitrogens with one attached hydrogen (secondary N) is 1. The number of nitro benzene ring substituents is 1. The minimum absolute atomic E-state index is 0.100. The third-order valence-corrected chi connectivity index (χ3v) is 3.97. The maximum Gasteiger partial charge on any atom is 0.329 e. The summed E-state index contributed by atoms with van der Waals surface area (Å²) in [5, 5.41) is 13.4. The van der Waals surface area contributed by atoms with Gasteiger partial charge in [-0.2, -0.15) is 0 Å². The molecule has 3 rings (SSSR count). The van der Waals surface area contributed by atoms with Crippen LogP contribution in [-0.4, -0.2) is 36.1 Å². The summed E-state index contributed by atoms with van der Waals surface area (Å²) in [6, 6.07) is 4.41. The van der Waals surface area contributed by atoms with Crippen molar-refractivity contribution in [1.82, 2.24) is 5.32 Å². The summed E-state index contributed by atoms with van der Waals surface area (Å²) in [6.45, 7) is 2.28. The summed E-state index contributed by atoms with van der Waals surface area (Å²) < 4.78 is 5.30. The Kier molecular flexibility index (Phi) is 2.91. The van der Waals surface area contributed by atoms with Gasteiger partial charge in [0.05, 0.1) is 35.3 Å². The molecule has 0 bridgehead atoms. The summed E-state index contributed by atoms with van der Waals surface area (Å²) >= 11 is 0. The molecule has 110 valence electrons. The Morgan fingerprint density at radius 2 is 2.05 bits per heavy atom. The van der Waals surface area contributed by atoms with Crippen molar-refractivity contribution in [2.45, 2.75) is 13.0 Å². The molecule has 1 aromatic carbocycles. The van der Waals surface area contributed by atoms with Crippen LogP contribution in [0.5, 0.6) is 0 Å². The molecule has 2 aliphatic rings. The zero-order valence-electron chi connectivity index (χ0n) is 11.2. The molecule has 8 nitrogen and oxygen atoms in total. The molecule has 0 spiro atoms. The number of amides is 3. The number of urea groups is 1. The number of benzene rings is 1. The van der Waals surface area contributed by atoms with Gasteiger partial charge in [-0.25, -0.2) is 9.69 Å². The van der Waals surface area contributed by atoms with Gasteiger partial charge in [-0.1, -0.05) is 0 Å². The van der Waals surface area contributed by atoms with E-state index in [4.69, 9.17) is 4.74 Å². The van der Waals surface area contributed by atoms with E-state index in [1.807, 2.05) is 0 Å². The van der Waals surface area contributed by atoms with Gasteiger partial charge >= 0.3 is 6.03 Å². The quantitative estimate of drug-likeness (QED) is 0.648. The summed E-state index contributed by atoms with van der Waals surface area (Å²) in [5.41, 5.74) is -0.609. The summed E-state index contributed by atoms with van der Waals surface area (Å²) in [7, 11) is 0. The zero-order valence-corrected chi connectivity index (χ0v) is 11.2. The molecule has 21 heavy (non-hydrogen) atoms. The highest BCUT2D eigenvalue weighted by Crippen LogP contribution is 2.36. The molecule has 2 atom stereocenters. The number of imide groups is 1. The van der Waals surface area contributed by atoms with Crippen LogP contribution in [0.4, 0.5) is 16.2 Å². The van der Waals surface area contributed by atoms with Gasteiger partial charge in [-0.05, 0) is 19.1 Å². The van der Waals surface area contributed by atoms with E-state index < -0.39 is 16.4 Å². The summed E-state index contributed by atoms with van der Waals surface area (Å²) in [5.74, 6) is -0.359. The van der Waals surface area contributed by atoms with Crippen LogP contribution in [0.15, 0.2) is 24.3 Å². The van der Waals surface area contributed by atoms with Crippen LogP contribution in [0.3, 0.4) is 0 Å². The maximum absolute atomic E-state index is 12.6. The van der Waals surface area contributed by atoms with E-state index in [0.29, 0.717) is 12.3 Å². The zero-order chi connectivity index (χ0) is 15.2. The smallest absolute Gasteiger partial charge is 0.329 e. The van der Waals surface area contributed by atoms with Crippen molar-refractivity contribution in [3.63, 3.8) is 0 Å². The third-order valence-electron chi connectivity index (χ3n) is 3.97. The van der Waals surface area contributed by atoms with E-state index in [2.05, 4.69) is 5.32 Å². The molecule has 2 aliphatic heterocycles. The lowest BCUT2D eigenvalue weighted by Crippen LogP contribution is -2.64. The van der Waals surface area contributed by atoms with E-state index in [9.17, 15) is 19.7 Å². The van der Waals surface area contributed by atoms with Crippen LogP contribution in [-0.2, 0) is 9.53 Å². The molecular weight excluding hydrogens is 278 g/mol. The first-order valence-corrected chi connectivity index (χ1v) is 6.41. The second kappa shape index (κ2) is 4.52. The number of ether oxygens (including phenoxy) is 1. The average molecular weight is 291 g/mol. The molecule has 1 N–H and O–H groups in total. The SMILES string of the molecule is CC12COCC1NC(=O)N(c1ccc([N+](=O)[O-])cc1)C2=O. The third kappa shape index (κ3) is 1.95. The highest BCUT2D eigenvalue weighted by molar-refractivity contribution is 6.18. The minimum Gasteiger partial charge on any atom is -0.378 e. The number of hydrogen-bond acceptors (Lipinski definition) is 5. The molecule has 0 saturated carbocycles. The van der Waals surface area contributed by atoms with Crippen LogP contribution in [0, 0.1) is 15.5 Å². The van der Waals surface area contributed by atoms with Crippen LogP contribution in [0.2, 0.25) is 0 Å². The first-order valence-electron chi connectivity index (χ1n) is 6.41. The maximum atomic E-state index is 12.6. The predicted octanol–water partition coefficient (Wildman–Crippen LogP) is 1.06. The number of carbonyl (C=O) groups is 2. The van der Waals surface area contributed by atoms with Crippen molar-refractivity contribution < 1.29 is 19.2 Å². The number of fused-ring (bicyclic) bond motifs is 1. The Morgan fingerprint density at radius 3 is 2.67 bits per heavy atom. The lowest BCUT2D eigenvalue weighted by molar-refractivity contribution is -0.384. The Morgan fingerprint density at radius 1 is 1.38 bits per heavy atom. The van der Waals surface area contributed by atoms with Gasteiger partial charge in [0.2, 0.25) is 5.91 Å². The van der Waals surface area contributed by atoms with Crippen LogP contribution in [0.1, 0.15) is 6.92 Å². The van der Waals surface area contributed by atoms with Gasteiger partial charge in [0.1, 0.15) is 0 Å². The monoisotopic (exact) mass is 291 g/mol. The van der Waals surface area contributed by atoms with E-state index >= 15 is 0 Å². The molecule has 3 amide bonds. The Bertz CT molecular complexity index is 629. The number of non-ortho nitro benzene ring substituents is 1. The highest BCUT2D eigenvalue weighted by atomic mass is 16.6. The normalized spacial score (nSPS) is 28.2. The molecular formula is C13H13N3O5. The molecule has 1 aromatic rings. The van der Waals surface area contributed by atoms with E-state index in [1.165, 1.54) is 24.3 Å². The predicted molar refractivity (Wildman–Crippen MR) is 71.8 cm³/mol.